The van der Waals surface area contributed by atoms with E-state index in [4.69, 9.17) is 9.47 Å². The van der Waals surface area contributed by atoms with Crippen LogP contribution in [-0.2, 0) is 6.61 Å². The van der Waals surface area contributed by atoms with E-state index in [2.05, 4.69) is 20.9 Å². The van der Waals surface area contributed by atoms with E-state index in [-0.39, 0.29) is 0 Å². The van der Waals surface area contributed by atoms with E-state index < -0.39 is 0 Å². The van der Waals surface area contributed by atoms with Crippen LogP contribution in [0.3, 0.4) is 0 Å². The predicted molar refractivity (Wildman–Crippen MR) is 125 cm³/mol. The average molecular weight is 458 g/mol. The summed E-state index contributed by atoms with van der Waals surface area (Å²) in [6.07, 6.45) is 1.82. The third-order valence-corrected chi connectivity index (χ3v) is 4.87. The molecule has 0 spiro atoms. The van der Waals surface area contributed by atoms with E-state index in [1.54, 1.807) is 0 Å². The van der Waals surface area contributed by atoms with Crippen molar-refractivity contribution in [3.8, 4) is 17.2 Å². The molecule has 0 radical (unpaired) electrons. The van der Waals surface area contributed by atoms with Gasteiger partial charge in [-0.15, -0.1) is 0 Å². The Kier molecular flexibility index (Phi) is 6.58. The topological polar surface area (TPSA) is 30.8 Å². The molecule has 3 nitrogen and oxygen atoms in total. The standard InChI is InChI=1S/C26H20BrNO2/c27-22-11-16-26(29-19-20-7-3-1-4-8-20)21(17-22)18-28-23-12-14-25(15-13-23)30-24-9-5-2-6-10-24/h1-18H,19H2. The van der Waals surface area contributed by atoms with Crippen molar-refractivity contribution >= 4 is 27.8 Å². The monoisotopic (exact) mass is 457 g/mol. The highest BCUT2D eigenvalue weighted by Gasteiger charge is 2.04. The molecule has 0 bridgehead atoms. The van der Waals surface area contributed by atoms with E-state index in [0.717, 1.165) is 38.5 Å². The number of benzene rings is 4. The molecular weight excluding hydrogens is 438 g/mol. The Morgan fingerprint density at radius 3 is 2.13 bits per heavy atom. The lowest BCUT2D eigenvalue weighted by molar-refractivity contribution is 0.306. The lowest BCUT2D eigenvalue weighted by atomic mass is 10.2. The predicted octanol–water partition coefficient (Wildman–Crippen LogP) is 7.57. The summed E-state index contributed by atoms with van der Waals surface area (Å²) in [5.74, 6) is 2.37. The van der Waals surface area contributed by atoms with Gasteiger partial charge in [0.2, 0.25) is 0 Å². The van der Waals surface area contributed by atoms with Gasteiger partial charge in [-0.2, -0.15) is 0 Å². The van der Waals surface area contributed by atoms with Crippen LogP contribution in [0.4, 0.5) is 5.69 Å². The number of ether oxygens (including phenoxy) is 2. The van der Waals surface area contributed by atoms with Crippen molar-refractivity contribution in [2.24, 2.45) is 4.99 Å². The molecule has 0 N–H and O–H groups in total. The Labute approximate surface area is 184 Å². The summed E-state index contributed by atoms with van der Waals surface area (Å²) in [4.78, 5) is 4.60. The first-order valence-corrected chi connectivity index (χ1v) is 10.4. The molecule has 4 aromatic carbocycles. The summed E-state index contributed by atoms with van der Waals surface area (Å²) < 4.78 is 12.8. The molecule has 0 saturated heterocycles. The van der Waals surface area contributed by atoms with Crippen LogP contribution in [0, 0.1) is 0 Å². The van der Waals surface area contributed by atoms with E-state index >= 15 is 0 Å². The minimum atomic E-state index is 0.509. The third kappa shape index (κ3) is 5.58. The van der Waals surface area contributed by atoms with Gasteiger partial charge in [-0.05, 0) is 60.2 Å². The fourth-order valence-electron chi connectivity index (χ4n) is 2.86. The van der Waals surface area contributed by atoms with Crippen LogP contribution in [0.5, 0.6) is 17.2 Å². The van der Waals surface area contributed by atoms with Crippen LogP contribution >= 0.6 is 15.9 Å². The van der Waals surface area contributed by atoms with Gasteiger partial charge in [-0.25, -0.2) is 0 Å². The van der Waals surface area contributed by atoms with Gasteiger partial charge < -0.3 is 9.47 Å². The van der Waals surface area contributed by atoms with Crippen LogP contribution in [-0.4, -0.2) is 6.21 Å². The summed E-state index contributed by atoms with van der Waals surface area (Å²) in [5.41, 5.74) is 2.87. The molecule has 0 amide bonds. The van der Waals surface area contributed by atoms with Gasteiger partial charge in [0.15, 0.2) is 0 Å². The Morgan fingerprint density at radius 2 is 1.40 bits per heavy atom. The van der Waals surface area contributed by atoms with Gasteiger partial charge in [0.25, 0.3) is 0 Å². The van der Waals surface area contributed by atoms with E-state index in [9.17, 15) is 0 Å². The van der Waals surface area contributed by atoms with Crippen LogP contribution < -0.4 is 9.47 Å². The molecule has 0 aliphatic rings. The van der Waals surface area contributed by atoms with Crippen LogP contribution in [0.2, 0.25) is 0 Å². The number of hydrogen-bond donors (Lipinski definition) is 0. The normalized spacial score (nSPS) is 10.8. The first-order chi connectivity index (χ1) is 14.8. The molecule has 0 unspecified atom stereocenters. The van der Waals surface area contributed by atoms with E-state index in [1.165, 1.54) is 0 Å². The Balaban J connectivity index is 1.46. The van der Waals surface area contributed by atoms with Gasteiger partial charge in [0.05, 0.1) is 5.69 Å². The van der Waals surface area contributed by atoms with Gasteiger partial charge >= 0.3 is 0 Å². The minimum Gasteiger partial charge on any atom is -0.488 e. The highest BCUT2D eigenvalue weighted by Crippen LogP contribution is 2.26. The maximum absolute atomic E-state index is 6.02. The molecule has 4 aromatic rings. The molecular formula is C26H20BrNO2. The lowest BCUT2D eigenvalue weighted by Crippen LogP contribution is -1.98. The number of hydrogen-bond acceptors (Lipinski definition) is 3. The smallest absolute Gasteiger partial charge is 0.128 e. The van der Waals surface area contributed by atoms with Crippen molar-refractivity contribution in [2.75, 3.05) is 0 Å². The highest BCUT2D eigenvalue weighted by atomic mass is 79.9. The van der Waals surface area contributed by atoms with E-state index in [1.807, 2.05) is 109 Å². The zero-order valence-electron chi connectivity index (χ0n) is 16.2. The van der Waals surface area contributed by atoms with E-state index in [0.29, 0.717) is 6.61 Å². The minimum absolute atomic E-state index is 0.509. The average Bonchev–Trinajstić information content (AvgIpc) is 2.79. The molecule has 0 atom stereocenters. The first-order valence-electron chi connectivity index (χ1n) is 9.59. The van der Waals surface area contributed by atoms with Crippen LogP contribution in [0.1, 0.15) is 11.1 Å². The Hall–Kier alpha value is -3.37. The summed E-state index contributed by atoms with van der Waals surface area (Å²) in [6, 6.07) is 33.4. The summed E-state index contributed by atoms with van der Waals surface area (Å²) in [5, 5.41) is 0. The molecule has 0 aliphatic carbocycles. The number of para-hydroxylation sites is 1. The van der Waals surface area contributed by atoms with Crippen molar-refractivity contribution in [3.05, 3.63) is 119 Å². The van der Waals surface area contributed by atoms with Gasteiger partial charge in [0.1, 0.15) is 23.9 Å². The molecule has 0 saturated carbocycles. The summed E-state index contributed by atoms with van der Waals surface area (Å²) >= 11 is 3.53. The number of halogens is 1. The third-order valence-electron chi connectivity index (χ3n) is 4.38. The zero-order valence-corrected chi connectivity index (χ0v) is 17.8. The van der Waals surface area contributed by atoms with Gasteiger partial charge in [-0.1, -0.05) is 64.5 Å². The maximum Gasteiger partial charge on any atom is 0.128 e. The SMILES string of the molecule is Brc1ccc(OCc2ccccc2)c(C=Nc2ccc(Oc3ccccc3)cc2)c1. The van der Waals surface area contributed by atoms with Crippen molar-refractivity contribution in [1.29, 1.82) is 0 Å². The summed E-state index contributed by atoms with van der Waals surface area (Å²) in [6.45, 7) is 0.509. The molecule has 4 rings (SSSR count). The maximum atomic E-state index is 6.02. The number of rotatable bonds is 7. The lowest BCUT2D eigenvalue weighted by Gasteiger charge is -2.10. The molecule has 30 heavy (non-hydrogen) atoms. The van der Waals surface area contributed by atoms with Crippen molar-refractivity contribution < 1.29 is 9.47 Å². The van der Waals surface area contributed by atoms with Gasteiger partial charge in [-0.3, -0.25) is 4.99 Å². The van der Waals surface area contributed by atoms with Crippen molar-refractivity contribution in [3.63, 3.8) is 0 Å². The highest BCUT2D eigenvalue weighted by molar-refractivity contribution is 9.10. The Bertz CT molecular complexity index is 1110. The second kappa shape index (κ2) is 9.90. The van der Waals surface area contributed by atoms with Crippen LogP contribution in [0.25, 0.3) is 0 Å². The molecule has 148 valence electrons. The van der Waals surface area contributed by atoms with Crippen LogP contribution in [0.15, 0.2) is 113 Å². The number of aliphatic imine (C=N–C) groups is 1. The molecule has 0 fully saturated rings. The second-order valence-electron chi connectivity index (χ2n) is 6.62. The fraction of sp³-hybridized carbons (Fsp3) is 0.0385. The molecule has 0 aromatic heterocycles. The summed E-state index contributed by atoms with van der Waals surface area (Å²) in [7, 11) is 0. The van der Waals surface area contributed by atoms with Crippen molar-refractivity contribution in [1.82, 2.24) is 0 Å². The molecule has 4 heteroatoms. The first kappa shape index (κ1) is 19.9. The molecule has 0 heterocycles. The van der Waals surface area contributed by atoms with Gasteiger partial charge in [0, 0.05) is 16.3 Å². The fourth-order valence-corrected chi connectivity index (χ4v) is 3.23. The number of nitrogens with zero attached hydrogens (tertiary/aromatic N) is 1. The molecule has 0 aliphatic heterocycles. The Morgan fingerprint density at radius 1 is 0.733 bits per heavy atom. The largest absolute Gasteiger partial charge is 0.488 e. The second-order valence-corrected chi connectivity index (χ2v) is 7.54. The quantitative estimate of drug-likeness (QED) is 0.268. The van der Waals surface area contributed by atoms with Crippen molar-refractivity contribution in [2.45, 2.75) is 6.61 Å². The zero-order chi connectivity index (χ0) is 20.6.